The van der Waals surface area contributed by atoms with Crippen LogP contribution in [0.1, 0.15) is 323 Å². The summed E-state index contributed by atoms with van der Waals surface area (Å²) in [5, 5.41) is 136. The lowest BCUT2D eigenvalue weighted by atomic mass is 9.88. The second-order valence-corrected chi connectivity index (χ2v) is 29.6. The van der Waals surface area contributed by atoms with Gasteiger partial charge in [0.25, 0.3) is 5.79 Å². The molecule has 0 spiro atoms. The van der Waals surface area contributed by atoms with Crippen LogP contribution in [0, 0.1) is 0 Å². The third kappa shape index (κ3) is 38.3. The van der Waals surface area contributed by atoms with Crippen molar-refractivity contribution in [3.63, 3.8) is 0 Å². The second-order valence-electron chi connectivity index (χ2n) is 29.6. The van der Waals surface area contributed by atoms with Gasteiger partial charge >= 0.3 is 5.97 Å². The Labute approximate surface area is 613 Å². The van der Waals surface area contributed by atoms with Crippen molar-refractivity contribution in [1.82, 2.24) is 10.6 Å². The zero-order valence-electron chi connectivity index (χ0n) is 63.2. The minimum atomic E-state index is -3.08. The van der Waals surface area contributed by atoms with E-state index in [9.17, 15) is 75.7 Å². The molecule has 18 atom stereocenters. The van der Waals surface area contributed by atoms with Crippen molar-refractivity contribution in [3.05, 3.63) is 24.3 Å². The molecule has 0 aromatic heterocycles. The highest BCUT2D eigenvalue weighted by Crippen LogP contribution is 2.39. The summed E-state index contributed by atoms with van der Waals surface area (Å²) >= 11 is 0. The van der Waals surface area contributed by atoms with E-state index in [-0.39, 0.29) is 12.3 Å². The van der Waals surface area contributed by atoms with E-state index in [0.29, 0.717) is 12.8 Å². The molecular formula is C79H146N2O21. The Hall–Kier alpha value is -2.79. The Kier molecular flexibility index (Phi) is 53.4. The number of carboxylic acids is 1. The largest absolute Gasteiger partial charge is 0.477 e. The maximum atomic E-state index is 13.5. The fraction of sp³-hybridized carbons (Fsp3) is 0.911. The van der Waals surface area contributed by atoms with Crippen LogP contribution >= 0.6 is 0 Å². The SMILES string of the molecule is CCCCCCCCCCCCCC/C=C\CCCCCCCCCCCCCCCCCCC(=O)NC(COC1OC(CO)C(OC2OC(CO)C(O)C(OC3(C(=O)O)CC(O)C(NC(C)=O)C(C(O)C(O)CO)O3)C2O)C(O)C1O)C(O)/C=C/CCCCCCCCCCCCCCCC. The zero-order chi connectivity index (χ0) is 74.6. The van der Waals surface area contributed by atoms with Crippen molar-refractivity contribution in [1.29, 1.82) is 0 Å². The zero-order valence-corrected chi connectivity index (χ0v) is 63.2. The van der Waals surface area contributed by atoms with Crippen LogP contribution in [-0.2, 0) is 42.8 Å². The first-order valence-corrected chi connectivity index (χ1v) is 40.7. The summed E-state index contributed by atoms with van der Waals surface area (Å²) in [7, 11) is 0. The molecule has 0 bridgehead atoms. The van der Waals surface area contributed by atoms with Crippen LogP contribution in [0.5, 0.6) is 0 Å². The predicted molar refractivity (Wildman–Crippen MR) is 394 cm³/mol. The number of amides is 2. The van der Waals surface area contributed by atoms with Crippen LogP contribution < -0.4 is 10.6 Å². The molecule has 23 nitrogen and oxygen atoms in total. The van der Waals surface area contributed by atoms with Gasteiger partial charge in [-0.1, -0.05) is 282 Å². The third-order valence-electron chi connectivity index (χ3n) is 20.6. The molecule has 3 aliphatic rings. The summed E-state index contributed by atoms with van der Waals surface area (Å²) < 4.78 is 34.9. The number of unbranched alkanes of at least 4 members (excludes halogenated alkanes) is 42. The van der Waals surface area contributed by atoms with Gasteiger partial charge in [-0.2, -0.15) is 0 Å². The van der Waals surface area contributed by atoms with Gasteiger partial charge in [-0.15, -0.1) is 0 Å². The van der Waals surface area contributed by atoms with Crippen molar-refractivity contribution in [2.24, 2.45) is 0 Å². The Bertz CT molecular complexity index is 2130. The summed E-state index contributed by atoms with van der Waals surface area (Å²) in [6, 6.07) is -2.62. The molecule has 14 N–H and O–H groups in total. The number of carbonyl (C=O) groups is 3. The topological polar surface area (TPSA) is 373 Å². The molecule has 3 aliphatic heterocycles. The first kappa shape index (κ1) is 93.4. The predicted octanol–water partition coefficient (Wildman–Crippen LogP) is 10.7. The number of allylic oxidation sites excluding steroid dienone is 3. The average molecular weight is 1460 g/mol. The third-order valence-corrected chi connectivity index (χ3v) is 20.6. The molecule has 0 aromatic rings. The van der Waals surface area contributed by atoms with Crippen LogP contribution in [0.2, 0.25) is 0 Å². The first-order valence-electron chi connectivity index (χ1n) is 40.7. The summed E-state index contributed by atoms with van der Waals surface area (Å²) in [6.07, 6.45) is 35.2. The fourth-order valence-electron chi connectivity index (χ4n) is 14.2. The van der Waals surface area contributed by atoms with Crippen LogP contribution in [0.3, 0.4) is 0 Å². The molecule has 3 rings (SSSR count). The highest BCUT2D eigenvalue weighted by Gasteiger charge is 2.60. The summed E-state index contributed by atoms with van der Waals surface area (Å²) in [6.45, 7) is 2.18. The van der Waals surface area contributed by atoms with Gasteiger partial charge in [0.2, 0.25) is 11.8 Å². The molecule has 3 saturated heterocycles. The number of aliphatic carboxylic acids is 1. The molecule has 598 valence electrons. The van der Waals surface area contributed by atoms with Crippen LogP contribution in [0.25, 0.3) is 0 Å². The first-order chi connectivity index (χ1) is 49.4. The molecule has 3 heterocycles. The average Bonchev–Trinajstić information content (AvgIpc) is 0.756. The second kappa shape index (κ2) is 58.3. The summed E-state index contributed by atoms with van der Waals surface area (Å²) in [4.78, 5) is 38.7. The Morgan fingerprint density at radius 2 is 0.922 bits per heavy atom. The van der Waals surface area contributed by atoms with Crippen molar-refractivity contribution in [2.75, 3.05) is 26.4 Å². The minimum absolute atomic E-state index is 0.203. The smallest absolute Gasteiger partial charge is 0.364 e. The van der Waals surface area contributed by atoms with Crippen molar-refractivity contribution in [2.45, 2.75) is 432 Å². The molecule has 0 aromatic carbocycles. The van der Waals surface area contributed by atoms with Crippen LogP contribution in [0.15, 0.2) is 24.3 Å². The number of aliphatic hydroxyl groups excluding tert-OH is 11. The van der Waals surface area contributed by atoms with Crippen molar-refractivity contribution >= 4 is 17.8 Å². The highest BCUT2D eigenvalue weighted by atomic mass is 16.8. The molecular weight excluding hydrogens is 1310 g/mol. The minimum Gasteiger partial charge on any atom is -0.477 e. The van der Waals surface area contributed by atoms with E-state index in [1.807, 2.05) is 6.08 Å². The van der Waals surface area contributed by atoms with Crippen molar-refractivity contribution in [3.8, 4) is 0 Å². The van der Waals surface area contributed by atoms with E-state index in [1.54, 1.807) is 6.08 Å². The van der Waals surface area contributed by atoms with E-state index in [2.05, 4.69) is 36.6 Å². The quantitative estimate of drug-likeness (QED) is 0.0199. The molecule has 102 heavy (non-hydrogen) atoms. The van der Waals surface area contributed by atoms with E-state index < -0.39 is 155 Å². The lowest BCUT2D eigenvalue weighted by Crippen LogP contribution is -2.70. The summed E-state index contributed by atoms with van der Waals surface area (Å²) in [5.74, 6) is -6.14. The molecule has 0 aliphatic carbocycles. The number of hydrogen-bond donors (Lipinski definition) is 14. The van der Waals surface area contributed by atoms with E-state index >= 15 is 0 Å². The molecule has 3 fully saturated rings. The number of rotatable bonds is 64. The Morgan fingerprint density at radius 3 is 1.33 bits per heavy atom. The number of nitrogens with one attached hydrogen (secondary N) is 2. The Morgan fingerprint density at radius 1 is 0.510 bits per heavy atom. The van der Waals surface area contributed by atoms with Gasteiger partial charge in [-0.25, -0.2) is 4.79 Å². The monoisotopic (exact) mass is 1460 g/mol. The van der Waals surface area contributed by atoms with Gasteiger partial charge in [-0.05, 0) is 44.9 Å². The van der Waals surface area contributed by atoms with Crippen molar-refractivity contribution < 1.29 is 104 Å². The molecule has 0 radical (unpaired) electrons. The van der Waals surface area contributed by atoms with E-state index in [4.69, 9.17) is 28.4 Å². The molecule has 18 unspecified atom stereocenters. The van der Waals surface area contributed by atoms with Crippen LogP contribution in [-0.4, -0.2) is 215 Å². The number of hydrogen-bond acceptors (Lipinski definition) is 20. The fourth-order valence-corrected chi connectivity index (χ4v) is 14.2. The molecule has 2 amide bonds. The standard InChI is InChI=1S/C79H146N2O21/c1-4-6-8-10-12-14-16-18-20-22-23-24-25-26-27-28-29-30-31-32-33-34-35-36-37-39-41-43-45-47-49-51-53-66(89)81-60(61(86)52-50-48-46-44-42-40-38-21-19-17-15-13-11-9-7-5-2)58-97-76-71(93)70(92)73(65(57-84)99-76)100-77-72(94)75(69(91)64(56-83)98-77)102-79(78(95)96)54-62(87)67(80-59(3)85)74(101-79)68(90)63(88)55-82/h26-27,50,52,60-65,67-77,82-84,86-88,90-94H,4-25,28-49,51,53-58H2,1-3H3,(H,80,85)(H,81,89)(H,95,96)/b27-26-,52-50+. The molecule has 0 saturated carbocycles. The number of carboxylic acid groups (broad SMARTS) is 1. The summed E-state index contributed by atoms with van der Waals surface area (Å²) in [5.41, 5.74) is 0. The van der Waals surface area contributed by atoms with Gasteiger partial charge in [-0.3, -0.25) is 9.59 Å². The van der Waals surface area contributed by atoms with Gasteiger partial charge in [0.05, 0.1) is 50.7 Å². The maximum Gasteiger partial charge on any atom is 0.364 e. The van der Waals surface area contributed by atoms with Gasteiger partial charge in [0.15, 0.2) is 12.6 Å². The number of aliphatic hydroxyl groups is 11. The molecule has 23 heteroatoms. The van der Waals surface area contributed by atoms with Crippen LogP contribution in [0.4, 0.5) is 0 Å². The lowest BCUT2D eigenvalue weighted by molar-refractivity contribution is -0.386. The lowest BCUT2D eigenvalue weighted by Gasteiger charge is -2.50. The normalized spacial score (nSPS) is 26.7. The maximum absolute atomic E-state index is 13.5. The van der Waals surface area contributed by atoms with Gasteiger partial charge in [0.1, 0.15) is 67.1 Å². The highest BCUT2D eigenvalue weighted by molar-refractivity contribution is 5.77. The number of carbonyl (C=O) groups excluding carboxylic acids is 2. The number of ether oxygens (including phenoxy) is 6. The van der Waals surface area contributed by atoms with E-state index in [0.717, 1.165) is 51.9 Å². The Balaban J connectivity index is 1.47. The van der Waals surface area contributed by atoms with Gasteiger partial charge in [0, 0.05) is 19.8 Å². The van der Waals surface area contributed by atoms with Gasteiger partial charge < -0.3 is 100 Å². The van der Waals surface area contributed by atoms with E-state index in [1.165, 1.54) is 231 Å².